The zero-order chi connectivity index (χ0) is 17.1. The van der Waals surface area contributed by atoms with Gasteiger partial charge in [0, 0.05) is 21.1 Å². The van der Waals surface area contributed by atoms with Crippen molar-refractivity contribution in [3.05, 3.63) is 72.7 Å². The lowest BCUT2D eigenvalue weighted by molar-refractivity contribution is -0.385. The van der Waals surface area contributed by atoms with Crippen molar-refractivity contribution >= 4 is 58.1 Å². The molecule has 0 unspecified atom stereocenters. The third-order valence-electron chi connectivity index (χ3n) is 2.94. The number of halogens is 3. The van der Waals surface area contributed by atoms with Gasteiger partial charge in [0.15, 0.2) is 0 Å². The van der Waals surface area contributed by atoms with Crippen molar-refractivity contribution in [2.45, 2.75) is 0 Å². The van der Waals surface area contributed by atoms with E-state index in [1.165, 1.54) is 36.4 Å². The number of carbonyl (C=O) groups is 1. The highest BCUT2D eigenvalue weighted by molar-refractivity contribution is 6.36. The smallest absolute Gasteiger partial charge is 0.336 e. The van der Waals surface area contributed by atoms with Crippen molar-refractivity contribution < 1.29 is 14.8 Å². The minimum atomic E-state index is -1.35. The van der Waals surface area contributed by atoms with E-state index in [4.69, 9.17) is 34.8 Å². The first-order valence-electron chi connectivity index (χ1n) is 6.14. The molecule has 2 aromatic rings. The van der Waals surface area contributed by atoms with Gasteiger partial charge in [0.2, 0.25) is 0 Å². The summed E-state index contributed by atoms with van der Waals surface area (Å²) in [4.78, 5) is 22.0. The minimum absolute atomic E-state index is 0.110. The van der Waals surface area contributed by atoms with Crippen LogP contribution in [0, 0.1) is 10.1 Å². The molecular formula is C15H8Cl3NO4. The summed E-state index contributed by atoms with van der Waals surface area (Å²) in [5, 5.41) is 21.3. The molecule has 1 N–H and O–H groups in total. The van der Waals surface area contributed by atoms with E-state index in [-0.39, 0.29) is 26.9 Å². The van der Waals surface area contributed by atoms with Crippen LogP contribution in [0.1, 0.15) is 11.1 Å². The molecule has 0 fully saturated rings. The molecule has 0 aliphatic carbocycles. The Bertz CT molecular complexity index is 833. The highest BCUT2D eigenvalue weighted by atomic mass is 35.5. The molecule has 2 rings (SSSR count). The summed E-state index contributed by atoms with van der Waals surface area (Å²) in [6.45, 7) is 0. The number of carboxylic acids is 1. The van der Waals surface area contributed by atoms with Crippen molar-refractivity contribution in [2.24, 2.45) is 0 Å². The largest absolute Gasteiger partial charge is 0.478 e. The molecule has 0 saturated carbocycles. The molecule has 23 heavy (non-hydrogen) atoms. The summed E-state index contributed by atoms with van der Waals surface area (Å²) >= 11 is 17.6. The maximum Gasteiger partial charge on any atom is 0.336 e. The van der Waals surface area contributed by atoms with E-state index in [0.29, 0.717) is 10.6 Å². The number of nitrogens with zero attached hydrogens (tertiary/aromatic N) is 1. The second-order valence-corrected chi connectivity index (χ2v) is 5.73. The molecule has 0 atom stereocenters. The Balaban J connectivity index is 2.68. The van der Waals surface area contributed by atoms with E-state index >= 15 is 0 Å². The van der Waals surface area contributed by atoms with Gasteiger partial charge in [0.25, 0.3) is 5.69 Å². The number of rotatable bonds is 4. The molecule has 5 nitrogen and oxygen atoms in total. The summed E-state index contributed by atoms with van der Waals surface area (Å²) in [6.07, 6.45) is 1.24. The number of hydrogen-bond acceptors (Lipinski definition) is 3. The van der Waals surface area contributed by atoms with Crippen molar-refractivity contribution in [1.82, 2.24) is 0 Å². The Morgan fingerprint density at radius 3 is 2.26 bits per heavy atom. The van der Waals surface area contributed by atoms with Gasteiger partial charge in [-0.1, -0.05) is 40.9 Å². The van der Waals surface area contributed by atoms with E-state index in [2.05, 4.69) is 0 Å². The fourth-order valence-electron chi connectivity index (χ4n) is 1.91. The number of nitro groups is 1. The third-order valence-corrected chi connectivity index (χ3v) is 3.74. The summed E-state index contributed by atoms with van der Waals surface area (Å²) < 4.78 is 0. The molecular weight excluding hydrogens is 365 g/mol. The first-order chi connectivity index (χ1) is 10.8. The number of carboxylic acid groups (broad SMARTS) is 1. The van der Waals surface area contributed by atoms with Gasteiger partial charge in [0.1, 0.15) is 0 Å². The SMILES string of the molecule is O=C(O)/C(=C/c1ccc(Cl)cc1Cl)c1cc(Cl)ccc1[N+](=O)[O-]. The Morgan fingerprint density at radius 1 is 1.09 bits per heavy atom. The first kappa shape index (κ1) is 17.3. The van der Waals surface area contributed by atoms with Gasteiger partial charge in [0.05, 0.1) is 16.1 Å². The molecule has 0 aliphatic rings. The van der Waals surface area contributed by atoms with Crippen molar-refractivity contribution in [3.63, 3.8) is 0 Å². The molecule has 0 aromatic heterocycles. The normalized spacial score (nSPS) is 11.3. The second kappa shape index (κ2) is 7.00. The van der Waals surface area contributed by atoms with Crippen LogP contribution in [0.15, 0.2) is 36.4 Å². The maximum atomic E-state index is 11.6. The lowest BCUT2D eigenvalue weighted by Gasteiger charge is -2.06. The van der Waals surface area contributed by atoms with E-state index in [9.17, 15) is 20.0 Å². The average molecular weight is 373 g/mol. The summed E-state index contributed by atoms with van der Waals surface area (Å²) in [5.74, 6) is -1.35. The van der Waals surface area contributed by atoms with E-state index in [0.717, 1.165) is 6.07 Å². The van der Waals surface area contributed by atoms with Gasteiger partial charge < -0.3 is 5.11 Å². The minimum Gasteiger partial charge on any atom is -0.478 e. The van der Waals surface area contributed by atoms with Crippen LogP contribution in [0.4, 0.5) is 5.69 Å². The monoisotopic (exact) mass is 371 g/mol. The van der Waals surface area contributed by atoms with Gasteiger partial charge >= 0.3 is 5.97 Å². The van der Waals surface area contributed by atoms with E-state index in [1.54, 1.807) is 0 Å². The molecule has 2 aromatic carbocycles. The van der Waals surface area contributed by atoms with Crippen LogP contribution >= 0.6 is 34.8 Å². The van der Waals surface area contributed by atoms with Crippen LogP contribution in [0.25, 0.3) is 11.6 Å². The van der Waals surface area contributed by atoms with Gasteiger partial charge in [-0.2, -0.15) is 0 Å². The third kappa shape index (κ3) is 4.01. The number of aliphatic carboxylic acids is 1. The Labute approximate surface area is 145 Å². The quantitative estimate of drug-likeness (QED) is 0.347. The van der Waals surface area contributed by atoms with Crippen LogP contribution in [-0.4, -0.2) is 16.0 Å². The zero-order valence-corrected chi connectivity index (χ0v) is 13.6. The summed E-state index contributed by atoms with van der Waals surface area (Å²) in [5.41, 5.74) is -0.416. The average Bonchev–Trinajstić information content (AvgIpc) is 2.45. The molecule has 0 saturated heterocycles. The van der Waals surface area contributed by atoms with Gasteiger partial charge in [-0.3, -0.25) is 10.1 Å². The molecule has 0 radical (unpaired) electrons. The van der Waals surface area contributed by atoms with Crippen LogP contribution in [0.5, 0.6) is 0 Å². The highest BCUT2D eigenvalue weighted by Crippen LogP contribution is 2.32. The predicted octanol–water partition coefficient (Wildman–Crippen LogP) is 5.18. The second-order valence-electron chi connectivity index (χ2n) is 4.45. The maximum absolute atomic E-state index is 11.6. The standard InChI is InChI=1S/C15H8Cl3NO4/c16-9-3-4-14(19(22)23)11(6-9)12(15(20)21)5-8-1-2-10(17)7-13(8)18/h1-7H,(H,20,21)/b12-5+. The number of nitro benzene ring substituents is 1. The fraction of sp³-hybridized carbons (Fsp3) is 0. The number of benzene rings is 2. The number of hydrogen-bond donors (Lipinski definition) is 1. The van der Waals surface area contributed by atoms with Crippen LogP contribution < -0.4 is 0 Å². The van der Waals surface area contributed by atoms with E-state index < -0.39 is 10.9 Å². The van der Waals surface area contributed by atoms with E-state index in [1.807, 2.05) is 0 Å². The van der Waals surface area contributed by atoms with Gasteiger partial charge in [-0.25, -0.2) is 4.79 Å². The fourth-order valence-corrected chi connectivity index (χ4v) is 2.55. The lowest BCUT2D eigenvalue weighted by Crippen LogP contribution is -2.03. The Morgan fingerprint density at radius 2 is 1.70 bits per heavy atom. The first-order valence-corrected chi connectivity index (χ1v) is 7.27. The summed E-state index contributed by atoms with van der Waals surface area (Å²) in [7, 11) is 0. The van der Waals surface area contributed by atoms with Crippen LogP contribution in [0.3, 0.4) is 0 Å². The molecule has 8 heteroatoms. The highest BCUT2D eigenvalue weighted by Gasteiger charge is 2.22. The molecule has 0 heterocycles. The molecule has 0 aliphatic heterocycles. The molecule has 118 valence electrons. The lowest BCUT2D eigenvalue weighted by atomic mass is 10.0. The van der Waals surface area contributed by atoms with Crippen molar-refractivity contribution in [2.75, 3.05) is 0 Å². The van der Waals surface area contributed by atoms with Crippen molar-refractivity contribution in [1.29, 1.82) is 0 Å². The summed E-state index contributed by atoms with van der Waals surface area (Å²) in [6, 6.07) is 8.19. The van der Waals surface area contributed by atoms with Crippen molar-refractivity contribution in [3.8, 4) is 0 Å². The molecule has 0 amide bonds. The molecule has 0 spiro atoms. The van der Waals surface area contributed by atoms with Gasteiger partial charge in [-0.15, -0.1) is 0 Å². The Hall–Kier alpha value is -2.08. The van der Waals surface area contributed by atoms with Crippen LogP contribution in [-0.2, 0) is 4.79 Å². The van der Waals surface area contributed by atoms with Crippen LogP contribution in [0.2, 0.25) is 15.1 Å². The Kier molecular flexibility index (Phi) is 5.26. The van der Waals surface area contributed by atoms with Gasteiger partial charge in [-0.05, 0) is 35.9 Å². The predicted molar refractivity (Wildman–Crippen MR) is 90.1 cm³/mol. The molecule has 0 bridgehead atoms. The zero-order valence-electron chi connectivity index (χ0n) is 11.3. The topological polar surface area (TPSA) is 80.4 Å².